The number of nitrogens with zero attached hydrogens (tertiary/aromatic N) is 3. The Balaban J connectivity index is 1.62. The van der Waals surface area contributed by atoms with Crippen LogP contribution < -0.4 is 5.56 Å². The molecular formula is C18H18FN3OS. The zero-order valence-electron chi connectivity index (χ0n) is 13.4. The van der Waals surface area contributed by atoms with Crippen LogP contribution in [0.15, 0.2) is 40.5 Å². The molecule has 4 rings (SSSR count). The van der Waals surface area contributed by atoms with Crippen molar-refractivity contribution in [1.82, 2.24) is 14.3 Å². The summed E-state index contributed by atoms with van der Waals surface area (Å²) in [6, 6.07) is 8.92. The molecule has 1 fully saturated rings. The Morgan fingerprint density at radius 2 is 2.12 bits per heavy atom. The highest BCUT2D eigenvalue weighted by molar-refractivity contribution is 7.15. The van der Waals surface area contributed by atoms with Crippen molar-refractivity contribution in [2.75, 3.05) is 0 Å². The first-order chi connectivity index (χ1) is 11.6. The number of hydrogen-bond acceptors (Lipinski definition) is 4. The standard InChI is InChI=1S/C18H18FN3OS/c1-12-11-24-18-20-14(8-17(23)22(12)18)10-21(15-6-7-15)9-13-4-2-3-5-16(13)19/h2-5,8,11,15H,6-7,9-10H2,1H3. The third-order valence-electron chi connectivity index (χ3n) is 4.39. The largest absolute Gasteiger partial charge is 0.290 e. The monoisotopic (exact) mass is 343 g/mol. The molecule has 0 bridgehead atoms. The summed E-state index contributed by atoms with van der Waals surface area (Å²) < 4.78 is 15.6. The molecule has 0 amide bonds. The lowest BCUT2D eigenvalue weighted by Gasteiger charge is -2.22. The van der Waals surface area contributed by atoms with Gasteiger partial charge in [-0.1, -0.05) is 18.2 Å². The second-order valence-corrected chi connectivity index (χ2v) is 7.14. The van der Waals surface area contributed by atoms with Crippen molar-refractivity contribution in [2.45, 2.75) is 38.9 Å². The molecule has 24 heavy (non-hydrogen) atoms. The fourth-order valence-electron chi connectivity index (χ4n) is 2.99. The first kappa shape index (κ1) is 15.5. The minimum Gasteiger partial charge on any atom is -0.290 e. The molecule has 0 aliphatic heterocycles. The van der Waals surface area contributed by atoms with E-state index in [4.69, 9.17) is 0 Å². The molecule has 6 heteroatoms. The maximum atomic E-state index is 14.0. The number of hydrogen-bond donors (Lipinski definition) is 0. The maximum Gasteiger partial charge on any atom is 0.259 e. The Kier molecular flexibility index (Phi) is 3.94. The zero-order valence-corrected chi connectivity index (χ0v) is 14.2. The van der Waals surface area contributed by atoms with Crippen molar-refractivity contribution < 1.29 is 4.39 Å². The van der Waals surface area contributed by atoms with Crippen LogP contribution in [0.3, 0.4) is 0 Å². The smallest absolute Gasteiger partial charge is 0.259 e. The quantitative estimate of drug-likeness (QED) is 0.713. The SMILES string of the molecule is Cc1csc2nc(CN(Cc3ccccc3F)C3CC3)cc(=O)n12. The van der Waals surface area contributed by atoms with E-state index < -0.39 is 0 Å². The Bertz CT molecular complexity index is 945. The number of aryl methyl sites for hydroxylation is 1. The van der Waals surface area contributed by atoms with Gasteiger partial charge >= 0.3 is 0 Å². The summed E-state index contributed by atoms with van der Waals surface area (Å²) >= 11 is 1.47. The summed E-state index contributed by atoms with van der Waals surface area (Å²) in [7, 11) is 0. The molecule has 2 aromatic heterocycles. The van der Waals surface area contributed by atoms with Gasteiger partial charge in [-0.25, -0.2) is 9.37 Å². The summed E-state index contributed by atoms with van der Waals surface area (Å²) in [5, 5.41) is 1.94. The first-order valence-corrected chi connectivity index (χ1v) is 8.94. The van der Waals surface area contributed by atoms with Gasteiger partial charge < -0.3 is 0 Å². The molecule has 124 valence electrons. The molecule has 0 unspecified atom stereocenters. The lowest BCUT2D eigenvalue weighted by Crippen LogP contribution is -2.27. The molecule has 1 aromatic carbocycles. The molecule has 3 aromatic rings. The van der Waals surface area contributed by atoms with Gasteiger partial charge in [0.25, 0.3) is 5.56 Å². The predicted octanol–water partition coefficient (Wildman–Crippen LogP) is 3.37. The van der Waals surface area contributed by atoms with Gasteiger partial charge in [0, 0.05) is 41.8 Å². The zero-order chi connectivity index (χ0) is 16.7. The third kappa shape index (κ3) is 2.99. The first-order valence-electron chi connectivity index (χ1n) is 8.06. The normalized spacial score (nSPS) is 14.6. The second kappa shape index (κ2) is 6.11. The van der Waals surface area contributed by atoms with Crippen LogP contribution in [0, 0.1) is 12.7 Å². The van der Waals surface area contributed by atoms with Gasteiger partial charge in [0.05, 0.1) is 5.69 Å². The molecule has 1 aliphatic rings. The summed E-state index contributed by atoms with van der Waals surface area (Å²) in [6.07, 6.45) is 2.24. The highest BCUT2D eigenvalue weighted by atomic mass is 32.1. The van der Waals surface area contributed by atoms with E-state index in [0.717, 1.165) is 29.2 Å². The molecule has 0 saturated heterocycles. The van der Waals surface area contributed by atoms with E-state index >= 15 is 0 Å². The molecule has 0 N–H and O–H groups in total. The summed E-state index contributed by atoms with van der Waals surface area (Å²) in [6.45, 7) is 3.02. The number of halogens is 1. The van der Waals surface area contributed by atoms with Gasteiger partial charge in [-0.15, -0.1) is 11.3 Å². The summed E-state index contributed by atoms with van der Waals surface area (Å²) in [5.74, 6) is -0.180. The van der Waals surface area contributed by atoms with Crippen molar-refractivity contribution in [3.63, 3.8) is 0 Å². The number of aromatic nitrogens is 2. The van der Waals surface area contributed by atoms with Crippen molar-refractivity contribution in [3.8, 4) is 0 Å². The van der Waals surface area contributed by atoms with E-state index in [1.54, 1.807) is 16.5 Å². The number of thiazole rings is 1. The minimum atomic E-state index is -0.180. The Morgan fingerprint density at radius 1 is 1.33 bits per heavy atom. The topological polar surface area (TPSA) is 37.6 Å². The lowest BCUT2D eigenvalue weighted by molar-refractivity contribution is 0.239. The predicted molar refractivity (Wildman–Crippen MR) is 92.7 cm³/mol. The van der Waals surface area contributed by atoms with Crippen molar-refractivity contribution in [1.29, 1.82) is 0 Å². The summed E-state index contributed by atoms with van der Waals surface area (Å²) in [4.78, 5) is 19.9. The van der Waals surface area contributed by atoms with Crippen LogP contribution in [0.25, 0.3) is 4.96 Å². The molecular weight excluding hydrogens is 325 g/mol. The van der Waals surface area contributed by atoms with Crippen LogP contribution in [0.5, 0.6) is 0 Å². The third-order valence-corrected chi connectivity index (χ3v) is 5.33. The van der Waals surface area contributed by atoms with Gasteiger partial charge in [-0.3, -0.25) is 14.1 Å². The van der Waals surface area contributed by atoms with E-state index in [2.05, 4.69) is 9.88 Å². The van der Waals surface area contributed by atoms with Gasteiger partial charge in [0.15, 0.2) is 4.96 Å². The molecule has 2 heterocycles. The average Bonchev–Trinajstić information content (AvgIpc) is 3.33. The minimum absolute atomic E-state index is 0.0459. The van der Waals surface area contributed by atoms with E-state index in [0.29, 0.717) is 24.7 Å². The fourth-order valence-corrected chi connectivity index (χ4v) is 3.88. The molecule has 4 nitrogen and oxygen atoms in total. The number of benzene rings is 1. The maximum absolute atomic E-state index is 14.0. The molecule has 0 atom stereocenters. The molecule has 0 spiro atoms. The number of rotatable bonds is 5. The van der Waals surface area contributed by atoms with Crippen molar-refractivity contribution in [2.24, 2.45) is 0 Å². The van der Waals surface area contributed by atoms with E-state index in [1.807, 2.05) is 24.4 Å². The Labute approximate surface area is 143 Å². The molecule has 0 radical (unpaired) electrons. The molecule has 1 aliphatic carbocycles. The molecule has 1 saturated carbocycles. The second-order valence-electron chi connectivity index (χ2n) is 6.31. The van der Waals surface area contributed by atoms with Crippen molar-refractivity contribution in [3.05, 3.63) is 68.8 Å². The van der Waals surface area contributed by atoms with E-state index in [1.165, 1.54) is 17.4 Å². The van der Waals surface area contributed by atoms with Crippen LogP contribution in [0.2, 0.25) is 0 Å². The van der Waals surface area contributed by atoms with Crippen LogP contribution in [-0.2, 0) is 13.1 Å². The highest BCUT2D eigenvalue weighted by Gasteiger charge is 2.30. The van der Waals surface area contributed by atoms with Crippen LogP contribution in [-0.4, -0.2) is 20.3 Å². The van der Waals surface area contributed by atoms with E-state index in [-0.39, 0.29) is 11.4 Å². The van der Waals surface area contributed by atoms with Crippen LogP contribution in [0.1, 0.15) is 29.8 Å². The summed E-state index contributed by atoms with van der Waals surface area (Å²) in [5.41, 5.74) is 2.30. The fraction of sp³-hybridized carbons (Fsp3) is 0.333. The van der Waals surface area contributed by atoms with Crippen LogP contribution >= 0.6 is 11.3 Å². The Morgan fingerprint density at radius 3 is 2.88 bits per heavy atom. The average molecular weight is 343 g/mol. The van der Waals surface area contributed by atoms with Gasteiger partial charge in [0.2, 0.25) is 0 Å². The number of fused-ring (bicyclic) bond motifs is 1. The Hall–Kier alpha value is -2.05. The van der Waals surface area contributed by atoms with Crippen molar-refractivity contribution >= 4 is 16.3 Å². The van der Waals surface area contributed by atoms with Gasteiger partial charge in [-0.05, 0) is 25.8 Å². The van der Waals surface area contributed by atoms with Crippen LogP contribution in [0.4, 0.5) is 4.39 Å². The van der Waals surface area contributed by atoms with Gasteiger partial charge in [0.1, 0.15) is 5.82 Å². The van der Waals surface area contributed by atoms with E-state index in [9.17, 15) is 9.18 Å². The van der Waals surface area contributed by atoms with Gasteiger partial charge in [-0.2, -0.15) is 0 Å². The highest BCUT2D eigenvalue weighted by Crippen LogP contribution is 2.30. The lowest BCUT2D eigenvalue weighted by atomic mass is 10.2.